The standard InChI is InChI=1S/C23H21F3N2O6S/c1-33-22(34-2)21(27-35(31,32)17-13-11-16(12-14-17)28(29)30)20-18(15-7-4-3-5-8-15)9-6-10-19(20)23(24,25)26/h3-14,21-22,27H,1-2H3/t21-/m1/s1. The highest BCUT2D eigenvalue weighted by Gasteiger charge is 2.40. The first-order valence-electron chi connectivity index (χ1n) is 10.1. The monoisotopic (exact) mass is 510 g/mol. The fraction of sp³-hybridized carbons (Fsp3) is 0.217. The van der Waals surface area contributed by atoms with Crippen LogP contribution in [0.3, 0.4) is 0 Å². The highest BCUT2D eigenvalue weighted by molar-refractivity contribution is 7.89. The molecular formula is C23H21F3N2O6S. The summed E-state index contributed by atoms with van der Waals surface area (Å²) >= 11 is 0. The zero-order chi connectivity index (χ0) is 25.8. The number of nitrogens with zero attached hydrogens (tertiary/aromatic N) is 1. The van der Waals surface area contributed by atoms with Crippen molar-refractivity contribution in [3.05, 3.63) is 94.0 Å². The lowest BCUT2D eigenvalue weighted by Gasteiger charge is -2.30. The molecule has 8 nitrogen and oxygen atoms in total. The van der Waals surface area contributed by atoms with Crippen LogP contribution in [0.25, 0.3) is 11.1 Å². The summed E-state index contributed by atoms with van der Waals surface area (Å²) in [5, 5.41) is 10.9. The van der Waals surface area contributed by atoms with Gasteiger partial charge >= 0.3 is 6.18 Å². The Kier molecular flexibility index (Phi) is 7.90. The van der Waals surface area contributed by atoms with Gasteiger partial charge in [-0.3, -0.25) is 10.1 Å². The molecule has 0 bridgehead atoms. The number of nitrogens with one attached hydrogen (secondary N) is 1. The Morgan fingerprint density at radius 3 is 2.03 bits per heavy atom. The van der Waals surface area contributed by atoms with Crippen molar-refractivity contribution in [2.45, 2.75) is 23.4 Å². The average molecular weight is 510 g/mol. The molecule has 0 aliphatic rings. The van der Waals surface area contributed by atoms with Crippen LogP contribution in [0.2, 0.25) is 0 Å². The zero-order valence-electron chi connectivity index (χ0n) is 18.5. The van der Waals surface area contributed by atoms with Gasteiger partial charge in [0.1, 0.15) is 0 Å². The smallest absolute Gasteiger partial charge is 0.354 e. The molecule has 0 aromatic heterocycles. The number of benzene rings is 3. The van der Waals surface area contributed by atoms with Gasteiger partial charge in [0.2, 0.25) is 10.0 Å². The molecule has 0 fully saturated rings. The van der Waals surface area contributed by atoms with Crippen LogP contribution in [-0.4, -0.2) is 33.9 Å². The second-order valence-corrected chi connectivity index (χ2v) is 9.03. The van der Waals surface area contributed by atoms with Gasteiger partial charge in [0.25, 0.3) is 5.69 Å². The summed E-state index contributed by atoms with van der Waals surface area (Å²) in [5.74, 6) is 0. The Bertz CT molecular complexity index is 1280. The van der Waals surface area contributed by atoms with E-state index < -0.39 is 44.6 Å². The van der Waals surface area contributed by atoms with Gasteiger partial charge in [0, 0.05) is 26.4 Å². The first-order valence-corrected chi connectivity index (χ1v) is 11.6. The SMILES string of the molecule is COC(OC)[C@H](NS(=O)(=O)c1ccc([N+](=O)[O-])cc1)c1c(-c2ccccc2)cccc1C(F)(F)F. The predicted octanol–water partition coefficient (Wildman–Crippen LogP) is 4.92. The first kappa shape index (κ1) is 26.3. The first-order chi connectivity index (χ1) is 16.5. The van der Waals surface area contributed by atoms with Crippen molar-refractivity contribution in [1.82, 2.24) is 4.72 Å². The average Bonchev–Trinajstić information content (AvgIpc) is 2.83. The van der Waals surface area contributed by atoms with Crippen LogP contribution in [0, 0.1) is 10.1 Å². The van der Waals surface area contributed by atoms with Crippen LogP contribution in [0.1, 0.15) is 17.2 Å². The summed E-state index contributed by atoms with van der Waals surface area (Å²) in [6.45, 7) is 0. The second-order valence-electron chi connectivity index (χ2n) is 7.32. The number of rotatable bonds is 9. The minimum Gasteiger partial charge on any atom is -0.354 e. The number of sulfonamides is 1. The van der Waals surface area contributed by atoms with E-state index in [0.29, 0.717) is 5.56 Å². The van der Waals surface area contributed by atoms with Gasteiger partial charge in [-0.2, -0.15) is 17.9 Å². The van der Waals surface area contributed by atoms with Crippen molar-refractivity contribution in [2.75, 3.05) is 14.2 Å². The molecule has 12 heteroatoms. The molecule has 3 rings (SSSR count). The van der Waals surface area contributed by atoms with Crippen LogP contribution >= 0.6 is 0 Å². The Labute approximate surface area is 199 Å². The molecule has 1 N–H and O–H groups in total. The summed E-state index contributed by atoms with van der Waals surface area (Å²) in [4.78, 5) is 9.81. The number of ether oxygens (including phenoxy) is 2. The van der Waals surface area contributed by atoms with E-state index in [0.717, 1.165) is 30.3 Å². The maximum Gasteiger partial charge on any atom is 0.416 e. The predicted molar refractivity (Wildman–Crippen MR) is 121 cm³/mol. The van der Waals surface area contributed by atoms with Crippen molar-refractivity contribution >= 4 is 15.7 Å². The minimum absolute atomic E-state index is 0.121. The summed E-state index contributed by atoms with van der Waals surface area (Å²) in [6.07, 6.45) is -6.28. The minimum atomic E-state index is -4.83. The number of hydrogen-bond donors (Lipinski definition) is 1. The van der Waals surface area contributed by atoms with Crippen molar-refractivity contribution in [3.63, 3.8) is 0 Å². The fourth-order valence-corrected chi connectivity index (χ4v) is 4.81. The van der Waals surface area contributed by atoms with E-state index in [4.69, 9.17) is 9.47 Å². The Balaban J connectivity index is 2.22. The third-order valence-corrected chi connectivity index (χ3v) is 6.64. The molecule has 0 unspecified atom stereocenters. The molecule has 0 amide bonds. The highest BCUT2D eigenvalue weighted by atomic mass is 32.2. The quantitative estimate of drug-likeness (QED) is 0.249. The molecule has 0 saturated carbocycles. The molecule has 3 aromatic carbocycles. The highest BCUT2D eigenvalue weighted by Crippen LogP contribution is 2.41. The summed E-state index contributed by atoms with van der Waals surface area (Å²) in [6, 6.07) is 14.0. The molecule has 0 spiro atoms. The third-order valence-electron chi connectivity index (χ3n) is 5.18. The van der Waals surface area contributed by atoms with Crippen LogP contribution < -0.4 is 4.72 Å². The van der Waals surface area contributed by atoms with Crippen molar-refractivity contribution in [1.29, 1.82) is 0 Å². The van der Waals surface area contributed by atoms with Gasteiger partial charge in [-0.15, -0.1) is 0 Å². The lowest BCUT2D eigenvalue weighted by atomic mass is 9.90. The lowest BCUT2D eigenvalue weighted by molar-refractivity contribution is -0.384. The summed E-state index contributed by atoms with van der Waals surface area (Å²) in [7, 11) is -2.14. The third kappa shape index (κ3) is 5.85. The van der Waals surface area contributed by atoms with E-state index in [1.54, 1.807) is 30.3 Å². The molecule has 35 heavy (non-hydrogen) atoms. The molecule has 1 atom stereocenters. The van der Waals surface area contributed by atoms with Gasteiger partial charge in [-0.05, 0) is 34.9 Å². The number of nitro benzene ring substituents is 1. The molecule has 0 heterocycles. The molecule has 3 aromatic rings. The number of halogens is 3. The normalized spacial score (nSPS) is 13.1. The molecule has 0 radical (unpaired) electrons. The van der Waals surface area contributed by atoms with Crippen LogP contribution in [0.5, 0.6) is 0 Å². The zero-order valence-corrected chi connectivity index (χ0v) is 19.3. The summed E-state index contributed by atoms with van der Waals surface area (Å²) in [5.41, 5.74) is -1.28. The Morgan fingerprint density at radius 1 is 0.914 bits per heavy atom. The number of alkyl halides is 3. The van der Waals surface area contributed by atoms with Gasteiger partial charge < -0.3 is 9.47 Å². The van der Waals surface area contributed by atoms with Crippen LogP contribution in [0.15, 0.2) is 77.7 Å². The van der Waals surface area contributed by atoms with Gasteiger partial charge in [-0.25, -0.2) is 8.42 Å². The van der Waals surface area contributed by atoms with E-state index in [1.807, 2.05) is 0 Å². The maximum absolute atomic E-state index is 14.1. The largest absolute Gasteiger partial charge is 0.416 e. The van der Waals surface area contributed by atoms with Crippen molar-refractivity contribution in [2.24, 2.45) is 0 Å². The van der Waals surface area contributed by atoms with E-state index >= 15 is 0 Å². The number of hydrogen-bond acceptors (Lipinski definition) is 6. The molecule has 186 valence electrons. The maximum atomic E-state index is 14.1. The van der Waals surface area contributed by atoms with E-state index in [1.165, 1.54) is 26.4 Å². The van der Waals surface area contributed by atoms with Gasteiger partial charge in [-0.1, -0.05) is 42.5 Å². The second kappa shape index (κ2) is 10.5. The van der Waals surface area contributed by atoms with Crippen LogP contribution in [0.4, 0.5) is 18.9 Å². The molecule has 0 saturated heterocycles. The van der Waals surface area contributed by atoms with Crippen molar-refractivity contribution < 1.29 is 36.0 Å². The number of nitro groups is 1. The van der Waals surface area contributed by atoms with E-state index in [2.05, 4.69) is 4.72 Å². The Hall–Kier alpha value is -3.32. The molecule has 0 aliphatic carbocycles. The fourth-order valence-electron chi connectivity index (χ4n) is 3.62. The topological polar surface area (TPSA) is 108 Å². The lowest BCUT2D eigenvalue weighted by Crippen LogP contribution is -2.39. The molecular weight excluding hydrogens is 489 g/mol. The molecule has 0 aliphatic heterocycles. The van der Waals surface area contributed by atoms with Crippen molar-refractivity contribution in [3.8, 4) is 11.1 Å². The van der Waals surface area contributed by atoms with Gasteiger partial charge in [0.15, 0.2) is 6.29 Å². The van der Waals surface area contributed by atoms with E-state index in [9.17, 15) is 31.7 Å². The number of methoxy groups -OCH3 is 2. The van der Waals surface area contributed by atoms with E-state index in [-0.39, 0.29) is 16.1 Å². The van der Waals surface area contributed by atoms with Gasteiger partial charge in [0.05, 0.1) is 21.4 Å². The van der Waals surface area contributed by atoms with Crippen LogP contribution in [-0.2, 0) is 25.7 Å². The summed E-state index contributed by atoms with van der Waals surface area (Å²) < 4.78 is 81.4. The number of non-ortho nitro benzene ring substituents is 1. The Morgan fingerprint density at radius 2 is 1.51 bits per heavy atom.